The quantitative estimate of drug-likeness (QED) is 0.573. The Bertz CT molecular complexity index is 1050. The van der Waals surface area contributed by atoms with Crippen molar-refractivity contribution in [3.05, 3.63) is 64.7 Å². The van der Waals surface area contributed by atoms with E-state index in [0.29, 0.717) is 31.2 Å². The van der Waals surface area contributed by atoms with E-state index in [1.165, 1.54) is 12.1 Å². The molecule has 5 nitrogen and oxygen atoms in total. The van der Waals surface area contributed by atoms with Crippen molar-refractivity contribution in [2.45, 2.75) is 18.8 Å². The highest BCUT2D eigenvalue weighted by Gasteiger charge is 2.23. The lowest BCUT2D eigenvalue weighted by Gasteiger charge is -2.35. The van der Waals surface area contributed by atoms with E-state index in [4.69, 9.17) is 16.6 Å². The molecule has 0 aliphatic carbocycles. The summed E-state index contributed by atoms with van der Waals surface area (Å²) in [6.07, 6.45) is 2.04. The summed E-state index contributed by atoms with van der Waals surface area (Å²) in [6.45, 7) is 3.83. The molecule has 0 atom stereocenters. The van der Waals surface area contributed by atoms with E-state index in [1.807, 2.05) is 40.0 Å². The Morgan fingerprint density at radius 2 is 1.93 bits per heavy atom. The standard InChI is InChI=1S/C22H24ClFN4OS/c1-30-15-21-25-19-4-2-3-5-20(19)28(21)14-22(29)27-10-8-26(9-11-27)13-16-6-7-17(24)12-18(16)23/h2-7,12H,8-11,13-15H2,1H3. The van der Waals surface area contributed by atoms with Crippen molar-refractivity contribution in [2.24, 2.45) is 0 Å². The zero-order chi connectivity index (χ0) is 21.1. The molecule has 2 aromatic carbocycles. The molecule has 0 N–H and O–H groups in total. The molecule has 1 aromatic heterocycles. The van der Waals surface area contributed by atoms with Gasteiger partial charge in [-0.05, 0) is 36.1 Å². The third-order valence-electron chi connectivity index (χ3n) is 5.43. The number of carbonyl (C=O) groups is 1. The van der Waals surface area contributed by atoms with Gasteiger partial charge in [0.15, 0.2) is 0 Å². The molecule has 1 saturated heterocycles. The van der Waals surface area contributed by atoms with E-state index >= 15 is 0 Å². The average molecular weight is 447 g/mol. The van der Waals surface area contributed by atoms with Crippen LogP contribution in [0.4, 0.5) is 4.39 Å². The van der Waals surface area contributed by atoms with Crippen molar-refractivity contribution in [1.82, 2.24) is 19.4 Å². The number of nitrogens with zero attached hydrogens (tertiary/aromatic N) is 4. The maximum atomic E-state index is 13.2. The van der Waals surface area contributed by atoms with E-state index < -0.39 is 0 Å². The molecule has 4 rings (SSSR count). The predicted molar refractivity (Wildman–Crippen MR) is 120 cm³/mol. The molecule has 158 valence electrons. The molecule has 0 radical (unpaired) electrons. The van der Waals surface area contributed by atoms with Gasteiger partial charge in [-0.2, -0.15) is 11.8 Å². The zero-order valence-electron chi connectivity index (χ0n) is 16.9. The number of para-hydroxylation sites is 2. The minimum absolute atomic E-state index is 0.111. The van der Waals surface area contributed by atoms with Crippen LogP contribution in [0, 0.1) is 5.82 Å². The van der Waals surface area contributed by atoms with Crippen LogP contribution in [0.25, 0.3) is 11.0 Å². The van der Waals surface area contributed by atoms with Crippen LogP contribution in [-0.4, -0.2) is 57.7 Å². The van der Waals surface area contributed by atoms with Crippen LogP contribution in [0.3, 0.4) is 0 Å². The molecule has 2 heterocycles. The van der Waals surface area contributed by atoms with E-state index in [1.54, 1.807) is 17.8 Å². The summed E-state index contributed by atoms with van der Waals surface area (Å²) in [5.41, 5.74) is 2.83. The summed E-state index contributed by atoms with van der Waals surface area (Å²) in [4.78, 5) is 21.9. The fourth-order valence-electron chi connectivity index (χ4n) is 3.82. The van der Waals surface area contributed by atoms with Gasteiger partial charge in [-0.25, -0.2) is 9.37 Å². The van der Waals surface area contributed by atoms with Crippen molar-refractivity contribution >= 4 is 40.3 Å². The molecule has 1 amide bonds. The van der Waals surface area contributed by atoms with Crippen LogP contribution in [0.5, 0.6) is 0 Å². The fourth-order valence-corrected chi connectivity index (χ4v) is 4.53. The third kappa shape index (κ3) is 4.63. The smallest absolute Gasteiger partial charge is 0.242 e. The molecule has 0 bridgehead atoms. The van der Waals surface area contributed by atoms with Crippen molar-refractivity contribution in [1.29, 1.82) is 0 Å². The number of piperazine rings is 1. The number of benzene rings is 2. The molecule has 8 heteroatoms. The third-order valence-corrected chi connectivity index (χ3v) is 6.33. The largest absolute Gasteiger partial charge is 0.339 e. The first-order valence-corrected chi connectivity index (χ1v) is 11.7. The van der Waals surface area contributed by atoms with Gasteiger partial charge < -0.3 is 9.47 Å². The molecule has 0 saturated carbocycles. The summed E-state index contributed by atoms with van der Waals surface area (Å²) in [5.74, 6) is 1.49. The average Bonchev–Trinajstić information content (AvgIpc) is 3.08. The summed E-state index contributed by atoms with van der Waals surface area (Å²) in [7, 11) is 0. The van der Waals surface area contributed by atoms with Crippen LogP contribution in [0.15, 0.2) is 42.5 Å². The first-order chi connectivity index (χ1) is 14.5. The first kappa shape index (κ1) is 21.2. The summed E-state index contributed by atoms with van der Waals surface area (Å²) in [5, 5.41) is 0.446. The van der Waals surface area contributed by atoms with Crippen LogP contribution >= 0.6 is 23.4 Å². The van der Waals surface area contributed by atoms with Gasteiger partial charge >= 0.3 is 0 Å². The number of thioether (sulfide) groups is 1. The van der Waals surface area contributed by atoms with Crippen molar-refractivity contribution < 1.29 is 9.18 Å². The van der Waals surface area contributed by atoms with Crippen LogP contribution < -0.4 is 0 Å². The lowest BCUT2D eigenvalue weighted by Crippen LogP contribution is -2.49. The number of carbonyl (C=O) groups excluding carboxylic acids is 1. The van der Waals surface area contributed by atoms with Gasteiger partial charge in [-0.15, -0.1) is 0 Å². The number of fused-ring (bicyclic) bond motifs is 1. The number of imidazole rings is 1. The molecular formula is C22H24ClFN4OS. The number of amides is 1. The van der Waals surface area contributed by atoms with E-state index in [2.05, 4.69) is 4.90 Å². The van der Waals surface area contributed by atoms with Crippen molar-refractivity contribution in [3.8, 4) is 0 Å². The van der Waals surface area contributed by atoms with E-state index in [0.717, 1.165) is 41.3 Å². The van der Waals surface area contributed by atoms with Crippen LogP contribution in [0.2, 0.25) is 5.02 Å². The van der Waals surface area contributed by atoms with E-state index in [9.17, 15) is 9.18 Å². The van der Waals surface area contributed by atoms with Gasteiger partial charge in [-0.1, -0.05) is 29.8 Å². The molecule has 0 unspecified atom stereocenters. The highest BCUT2D eigenvalue weighted by atomic mass is 35.5. The number of hydrogen-bond acceptors (Lipinski definition) is 4. The van der Waals surface area contributed by atoms with Gasteiger partial charge in [0.1, 0.15) is 18.2 Å². The van der Waals surface area contributed by atoms with Gasteiger partial charge in [0.25, 0.3) is 0 Å². The fraction of sp³-hybridized carbons (Fsp3) is 0.364. The van der Waals surface area contributed by atoms with Gasteiger partial charge in [0.2, 0.25) is 5.91 Å². The normalized spacial score (nSPS) is 15.1. The zero-order valence-corrected chi connectivity index (χ0v) is 18.4. The highest BCUT2D eigenvalue weighted by Crippen LogP contribution is 2.21. The number of aromatic nitrogens is 2. The maximum Gasteiger partial charge on any atom is 0.242 e. The van der Waals surface area contributed by atoms with Gasteiger partial charge in [0, 0.05) is 37.7 Å². The van der Waals surface area contributed by atoms with Gasteiger partial charge in [-0.3, -0.25) is 9.69 Å². The molecule has 1 aliphatic rings. The number of hydrogen-bond donors (Lipinski definition) is 0. The Morgan fingerprint density at radius 1 is 1.17 bits per heavy atom. The molecule has 1 aliphatic heterocycles. The summed E-state index contributed by atoms with van der Waals surface area (Å²) < 4.78 is 15.3. The SMILES string of the molecule is CSCc1nc2ccccc2n1CC(=O)N1CCN(Cc2ccc(F)cc2Cl)CC1. The van der Waals surface area contributed by atoms with Crippen LogP contribution in [-0.2, 0) is 23.6 Å². The Labute approximate surface area is 184 Å². The van der Waals surface area contributed by atoms with Crippen molar-refractivity contribution in [3.63, 3.8) is 0 Å². The minimum atomic E-state index is -0.327. The second kappa shape index (κ2) is 9.37. The minimum Gasteiger partial charge on any atom is -0.339 e. The Balaban J connectivity index is 1.39. The van der Waals surface area contributed by atoms with E-state index in [-0.39, 0.29) is 11.7 Å². The monoisotopic (exact) mass is 446 g/mol. The summed E-state index contributed by atoms with van der Waals surface area (Å²) in [6, 6.07) is 12.5. The van der Waals surface area contributed by atoms with Crippen LogP contribution in [0.1, 0.15) is 11.4 Å². The Hall–Kier alpha value is -2.09. The Kier molecular flexibility index (Phi) is 6.61. The molecular weight excluding hydrogens is 423 g/mol. The number of rotatable bonds is 6. The van der Waals surface area contributed by atoms with Gasteiger partial charge in [0.05, 0.1) is 16.8 Å². The topological polar surface area (TPSA) is 41.4 Å². The maximum absolute atomic E-state index is 13.2. The second-order valence-corrected chi connectivity index (χ2v) is 8.70. The highest BCUT2D eigenvalue weighted by molar-refractivity contribution is 7.97. The number of halogens is 2. The second-order valence-electron chi connectivity index (χ2n) is 7.43. The predicted octanol–water partition coefficient (Wildman–Crippen LogP) is 4.04. The lowest BCUT2D eigenvalue weighted by molar-refractivity contribution is -0.133. The first-order valence-electron chi connectivity index (χ1n) is 9.92. The molecule has 1 fully saturated rings. The molecule has 30 heavy (non-hydrogen) atoms. The molecule has 0 spiro atoms. The lowest BCUT2D eigenvalue weighted by atomic mass is 10.2. The summed E-state index contributed by atoms with van der Waals surface area (Å²) >= 11 is 7.85. The Morgan fingerprint density at radius 3 is 2.67 bits per heavy atom. The van der Waals surface area contributed by atoms with Crippen molar-refractivity contribution in [2.75, 3.05) is 32.4 Å². The molecule has 3 aromatic rings.